The quantitative estimate of drug-likeness (QED) is 0.270. The van der Waals surface area contributed by atoms with Gasteiger partial charge in [-0.1, -0.05) is 42.5 Å². The van der Waals surface area contributed by atoms with Gasteiger partial charge in [-0.3, -0.25) is 4.57 Å². The maximum Gasteiger partial charge on any atom is 0.414 e. The third kappa shape index (κ3) is 5.16. The molecule has 2 N–H and O–H groups in total. The molecule has 2 aromatic heterocycles. The van der Waals surface area contributed by atoms with Crippen LogP contribution in [0.2, 0.25) is 0 Å². The number of methoxy groups -OCH3 is 2. The Hall–Kier alpha value is -4.66. The molecule has 0 aliphatic rings. The summed E-state index contributed by atoms with van der Waals surface area (Å²) in [7, 11) is 3.29. The summed E-state index contributed by atoms with van der Waals surface area (Å²) in [5.41, 5.74) is 3.58. The van der Waals surface area contributed by atoms with Gasteiger partial charge in [-0.05, 0) is 24.3 Å². The van der Waals surface area contributed by atoms with Crippen molar-refractivity contribution >= 4 is 34.5 Å². The minimum Gasteiger partial charge on any atom is -0.492 e. The molecule has 168 valence electrons. The molecule has 2 aromatic carbocycles. The Labute approximate surface area is 189 Å². The Morgan fingerprint density at radius 1 is 0.788 bits per heavy atom. The second-order valence-corrected chi connectivity index (χ2v) is 6.52. The second-order valence-electron chi connectivity index (χ2n) is 6.52. The second kappa shape index (κ2) is 10.6. The molecule has 0 unspecified atom stereocenters. The van der Waals surface area contributed by atoms with Gasteiger partial charge in [0.25, 0.3) is 0 Å². The number of benzene rings is 2. The van der Waals surface area contributed by atoms with Gasteiger partial charge in [-0.25, -0.2) is 19.6 Å². The van der Waals surface area contributed by atoms with E-state index in [2.05, 4.69) is 9.97 Å². The number of nitrogens with zero attached hydrogens (tertiary/aromatic N) is 3. The van der Waals surface area contributed by atoms with Gasteiger partial charge in [0.1, 0.15) is 12.1 Å². The molecule has 0 saturated heterocycles. The van der Waals surface area contributed by atoms with E-state index in [1.54, 1.807) is 26.7 Å². The van der Waals surface area contributed by atoms with Gasteiger partial charge in [0, 0.05) is 17.3 Å². The van der Waals surface area contributed by atoms with E-state index in [9.17, 15) is 0 Å². The Morgan fingerprint density at radius 2 is 1.45 bits per heavy atom. The lowest BCUT2D eigenvalue weighted by atomic mass is 10.1. The number of carbonyl (C=O) groups is 2. The zero-order valence-corrected chi connectivity index (χ0v) is 17.9. The van der Waals surface area contributed by atoms with Crippen LogP contribution in [0.1, 0.15) is 11.1 Å². The van der Waals surface area contributed by atoms with Crippen molar-refractivity contribution in [2.75, 3.05) is 14.2 Å². The summed E-state index contributed by atoms with van der Waals surface area (Å²) in [5, 5.41) is 14.8. The number of hydrogen-bond donors (Lipinski definition) is 2. The first-order valence-electron chi connectivity index (χ1n) is 9.69. The first-order valence-corrected chi connectivity index (χ1v) is 9.69. The highest BCUT2D eigenvalue weighted by atomic mass is 16.5. The molecule has 0 fully saturated rings. The van der Waals surface area contributed by atoms with Crippen LogP contribution in [-0.4, -0.2) is 50.9 Å². The van der Waals surface area contributed by atoms with E-state index in [4.69, 9.17) is 29.3 Å². The number of para-hydroxylation sites is 1. The van der Waals surface area contributed by atoms with E-state index in [1.165, 1.54) is 0 Å². The third-order valence-corrected chi connectivity index (χ3v) is 4.55. The third-order valence-electron chi connectivity index (χ3n) is 4.55. The number of hydrogen-bond acceptors (Lipinski definition) is 6. The topological polar surface area (TPSA) is 124 Å². The Kier molecular flexibility index (Phi) is 7.38. The minimum atomic E-state index is -1.82. The summed E-state index contributed by atoms with van der Waals surface area (Å²) in [6, 6.07) is 21.7. The highest BCUT2D eigenvalue weighted by Gasteiger charge is 2.18. The molecule has 4 rings (SSSR count). The average Bonchev–Trinajstić information content (AvgIpc) is 3.28. The Balaban J connectivity index is 0.000000454. The van der Waals surface area contributed by atoms with Crippen LogP contribution >= 0.6 is 0 Å². The molecular formula is C24H21N3O6. The predicted molar refractivity (Wildman–Crippen MR) is 121 cm³/mol. The summed E-state index contributed by atoms with van der Waals surface area (Å²) < 4.78 is 13.4. The van der Waals surface area contributed by atoms with Gasteiger partial charge < -0.3 is 19.7 Å². The maximum absolute atomic E-state index is 9.10. The zero-order valence-electron chi connectivity index (χ0n) is 17.9. The van der Waals surface area contributed by atoms with E-state index in [0.717, 1.165) is 28.0 Å². The van der Waals surface area contributed by atoms with E-state index in [1.807, 2.05) is 71.3 Å². The lowest BCUT2D eigenvalue weighted by Crippen LogP contribution is -2.09. The van der Waals surface area contributed by atoms with Gasteiger partial charge in [-0.15, -0.1) is 0 Å². The van der Waals surface area contributed by atoms with Crippen LogP contribution in [0.25, 0.3) is 28.4 Å². The van der Waals surface area contributed by atoms with Crippen LogP contribution < -0.4 is 0 Å². The monoisotopic (exact) mass is 447 g/mol. The molecule has 0 radical (unpaired) electrons. The van der Waals surface area contributed by atoms with Crippen LogP contribution in [-0.2, 0) is 19.1 Å². The van der Waals surface area contributed by atoms with Crippen molar-refractivity contribution in [3.8, 4) is 5.82 Å². The molecule has 9 nitrogen and oxygen atoms in total. The molecule has 9 heteroatoms. The molecule has 0 aliphatic heterocycles. The Morgan fingerprint density at radius 3 is 2.03 bits per heavy atom. The summed E-state index contributed by atoms with van der Waals surface area (Å²) in [6.07, 6.45) is 3.54. The van der Waals surface area contributed by atoms with Crippen molar-refractivity contribution in [3.63, 3.8) is 0 Å². The average molecular weight is 447 g/mol. The normalized spacial score (nSPS) is 11.1. The Bertz CT molecular complexity index is 1270. The smallest absolute Gasteiger partial charge is 0.414 e. The van der Waals surface area contributed by atoms with Crippen molar-refractivity contribution in [2.24, 2.45) is 0 Å². The number of ether oxygens (including phenoxy) is 2. The lowest BCUT2D eigenvalue weighted by Gasteiger charge is -2.14. The van der Waals surface area contributed by atoms with E-state index in [0.29, 0.717) is 11.5 Å². The van der Waals surface area contributed by atoms with Gasteiger partial charge >= 0.3 is 11.9 Å². The fraction of sp³-hybridized carbons (Fsp3) is 0.0833. The van der Waals surface area contributed by atoms with Crippen molar-refractivity contribution in [3.05, 3.63) is 90.4 Å². The summed E-state index contributed by atoms with van der Waals surface area (Å²) >= 11 is 0. The number of aromatic nitrogens is 3. The standard InChI is InChI=1S/C22H19N3O2.C2H2O4/c1-26-21(16-9-4-3-5-10-16)22(27-2)17-11-8-12-18-20(17)24-15-25(18)19-13-6-7-14-23-19;3-1(4)2(5)6/h3-15H,1-2H3;(H,3,4)(H,5,6). The first-order chi connectivity index (χ1) is 16.0. The van der Waals surface area contributed by atoms with Crippen LogP contribution in [0.4, 0.5) is 0 Å². The van der Waals surface area contributed by atoms with Gasteiger partial charge in [0.2, 0.25) is 0 Å². The minimum absolute atomic E-state index is 0.639. The van der Waals surface area contributed by atoms with Gasteiger partial charge in [-0.2, -0.15) is 0 Å². The van der Waals surface area contributed by atoms with Crippen molar-refractivity contribution in [1.82, 2.24) is 14.5 Å². The van der Waals surface area contributed by atoms with Crippen molar-refractivity contribution in [1.29, 1.82) is 0 Å². The summed E-state index contributed by atoms with van der Waals surface area (Å²) in [4.78, 5) is 27.2. The van der Waals surface area contributed by atoms with Crippen molar-refractivity contribution < 1.29 is 29.3 Å². The fourth-order valence-electron chi connectivity index (χ4n) is 3.16. The van der Waals surface area contributed by atoms with Crippen LogP contribution in [0.3, 0.4) is 0 Å². The molecule has 0 aliphatic carbocycles. The molecule has 0 atom stereocenters. The molecule has 33 heavy (non-hydrogen) atoms. The van der Waals surface area contributed by atoms with Crippen LogP contribution in [0, 0.1) is 0 Å². The maximum atomic E-state index is 9.10. The van der Waals surface area contributed by atoms with E-state index >= 15 is 0 Å². The first kappa shape index (κ1) is 23.0. The molecule has 2 heterocycles. The number of carboxylic acids is 2. The number of pyridine rings is 1. The lowest BCUT2D eigenvalue weighted by molar-refractivity contribution is -0.159. The highest BCUT2D eigenvalue weighted by Crippen LogP contribution is 2.32. The number of fused-ring (bicyclic) bond motifs is 1. The molecular weight excluding hydrogens is 426 g/mol. The number of aliphatic carboxylic acids is 2. The van der Waals surface area contributed by atoms with Gasteiger partial charge in [0.15, 0.2) is 11.5 Å². The SMILES string of the molecule is COC(=C(OC)c1cccc2c1ncn2-c1ccccn1)c1ccccc1.O=C(O)C(=O)O. The fourth-order valence-corrected chi connectivity index (χ4v) is 3.16. The number of rotatable bonds is 5. The molecule has 0 spiro atoms. The molecule has 0 amide bonds. The zero-order chi connectivity index (χ0) is 23.8. The van der Waals surface area contributed by atoms with E-state index < -0.39 is 11.9 Å². The predicted octanol–water partition coefficient (Wildman–Crippen LogP) is 3.69. The molecule has 0 bridgehead atoms. The van der Waals surface area contributed by atoms with Gasteiger partial charge in [0.05, 0.1) is 25.3 Å². The van der Waals surface area contributed by atoms with Crippen LogP contribution in [0.15, 0.2) is 79.3 Å². The van der Waals surface area contributed by atoms with Crippen LogP contribution in [0.5, 0.6) is 0 Å². The largest absolute Gasteiger partial charge is 0.492 e. The molecule has 0 saturated carbocycles. The van der Waals surface area contributed by atoms with E-state index in [-0.39, 0.29) is 0 Å². The van der Waals surface area contributed by atoms with Crippen molar-refractivity contribution in [2.45, 2.75) is 0 Å². The number of imidazole rings is 1. The summed E-state index contributed by atoms with van der Waals surface area (Å²) in [5.74, 6) is -1.53. The number of carboxylic acid groups (broad SMARTS) is 2. The summed E-state index contributed by atoms with van der Waals surface area (Å²) in [6.45, 7) is 0. The highest BCUT2D eigenvalue weighted by molar-refractivity contribution is 6.27. The molecule has 4 aromatic rings.